The Morgan fingerprint density at radius 1 is 1.26 bits per heavy atom. The molecule has 0 saturated carbocycles. The van der Waals surface area contributed by atoms with E-state index in [1.54, 1.807) is 0 Å². The van der Waals surface area contributed by atoms with Gasteiger partial charge < -0.3 is 10.2 Å². The van der Waals surface area contributed by atoms with E-state index in [9.17, 15) is 0 Å². The Morgan fingerprint density at radius 3 is 2.84 bits per heavy atom. The van der Waals surface area contributed by atoms with Crippen LogP contribution in [-0.4, -0.2) is 29.1 Å². The van der Waals surface area contributed by atoms with Crippen LogP contribution in [0.5, 0.6) is 0 Å². The third kappa shape index (κ3) is 3.58. The molecule has 0 bridgehead atoms. The smallest absolute Gasteiger partial charge is 0.134 e. The molecule has 1 atom stereocenters. The monoisotopic (exact) mass is 262 g/mol. The highest BCUT2D eigenvalue weighted by Gasteiger charge is 2.21. The van der Waals surface area contributed by atoms with Gasteiger partial charge in [0.15, 0.2) is 0 Å². The highest BCUT2D eigenvalue weighted by molar-refractivity contribution is 5.50. The van der Waals surface area contributed by atoms with Crippen LogP contribution in [0.2, 0.25) is 0 Å². The maximum Gasteiger partial charge on any atom is 0.134 e. The molecule has 1 aliphatic rings. The predicted molar refractivity (Wildman–Crippen MR) is 80.8 cm³/mol. The minimum atomic E-state index is 0.631. The summed E-state index contributed by atoms with van der Waals surface area (Å²) in [6.45, 7) is 8.37. The largest absolute Gasteiger partial charge is 0.370 e. The number of anilines is 2. The summed E-state index contributed by atoms with van der Waals surface area (Å²) < 4.78 is 0. The van der Waals surface area contributed by atoms with Gasteiger partial charge in [0.05, 0.1) is 0 Å². The summed E-state index contributed by atoms with van der Waals surface area (Å²) in [5.41, 5.74) is 0. The predicted octanol–water partition coefficient (Wildman–Crippen LogP) is 3.38. The van der Waals surface area contributed by atoms with Crippen LogP contribution in [0.1, 0.15) is 51.8 Å². The van der Waals surface area contributed by atoms with E-state index in [1.165, 1.54) is 32.1 Å². The lowest BCUT2D eigenvalue weighted by atomic mass is 10.1. The molecule has 1 aromatic heterocycles. The first kappa shape index (κ1) is 14.1. The van der Waals surface area contributed by atoms with Gasteiger partial charge in [0, 0.05) is 25.2 Å². The maximum absolute atomic E-state index is 4.65. The van der Waals surface area contributed by atoms with Crippen LogP contribution in [0.3, 0.4) is 0 Å². The summed E-state index contributed by atoms with van der Waals surface area (Å²) in [4.78, 5) is 11.6. The van der Waals surface area contributed by atoms with Crippen molar-refractivity contribution >= 4 is 11.6 Å². The third-order valence-electron chi connectivity index (χ3n) is 3.82. The SMILES string of the molecule is CCNc1cc(N2CCCCCC2CC)nc(C)n1. The molecule has 1 unspecified atom stereocenters. The fraction of sp³-hybridized carbons (Fsp3) is 0.733. The molecule has 1 fully saturated rings. The molecule has 0 aliphatic carbocycles. The third-order valence-corrected chi connectivity index (χ3v) is 3.82. The summed E-state index contributed by atoms with van der Waals surface area (Å²) in [6, 6.07) is 2.73. The van der Waals surface area contributed by atoms with Crippen LogP contribution in [-0.2, 0) is 0 Å². The highest BCUT2D eigenvalue weighted by atomic mass is 15.2. The van der Waals surface area contributed by atoms with Crippen LogP contribution in [0.25, 0.3) is 0 Å². The lowest BCUT2D eigenvalue weighted by Gasteiger charge is -2.30. The highest BCUT2D eigenvalue weighted by Crippen LogP contribution is 2.25. The maximum atomic E-state index is 4.65. The second-order valence-corrected chi connectivity index (χ2v) is 5.29. The average molecular weight is 262 g/mol. The Morgan fingerprint density at radius 2 is 2.11 bits per heavy atom. The van der Waals surface area contributed by atoms with Crippen molar-refractivity contribution in [3.63, 3.8) is 0 Å². The lowest BCUT2D eigenvalue weighted by molar-refractivity contribution is 0.551. The Labute approximate surface area is 116 Å². The van der Waals surface area contributed by atoms with E-state index >= 15 is 0 Å². The zero-order valence-corrected chi connectivity index (χ0v) is 12.4. The van der Waals surface area contributed by atoms with Crippen molar-refractivity contribution < 1.29 is 0 Å². The van der Waals surface area contributed by atoms with E-state index < -0.39 is 0 Å². The van der Waals surface area contributed by atoms with Gasteiger partial charge in [0.25, 0.3) is 0 Å². The van der Waals surface area contributed by atoms with E-state index in [2.05, 4.69) is 40.1 Å². The second kappa shape index (κ2) is 6.73. The molecule has 1 N–H and O–H groups in total. The minimum Gasteiger partial charge on any atom is -0.370 e. The molecule has 2 rings (SSSR count). The number of rotatable bonds is 4. The number of aromatic nitrogens is 2. The van der Waals surface area contributed by atoms with Gasteiger partial charge in [-0.25, -0.2) is 9.97 Å². The van der Waals surface area contributed by atoms with E-state index in [0.29, 0.717) is 6.04 Å². The van der Waals surface area contributed by atoms with Crippen LogP contribution in [0.15, 0.2) is 6.07 Å². The van der Waals surface area contributed by atoms with Crippen molar-refractivity contribution in [2.24, 2.45) is 0 Å². The summed E-state index contributed by atoms with van der Waals surface area (Å²) >= 11 is 0. The molecule has 1 aliphatic heterocycles. The molecule has 0 radical (unpaired) electrons. The van der Waals surface area contributed by atoms with E-state index in [1.807, 2.05) is 6.92 Å². The summed E-state index contributed by atoms with van der Waals surface area (Å²) in [7, 11) is 0. The standard InChI is InChI=1S/C15H26N4/c1-4-13-9-7-6-8-10-19(13)15-11-14(16-5-2)17-12(3)18-15/h11,13H,4-10H2,1-3H3,(H,16,17,18). The molecular formula is C15H26N4. The molecule has 106 valence electrons. The van der Waals surface area contributed by atoms with Crippen molar-refractivity contribution in [2.75, 3.05) is 23.3 Å². The number of aryl methyl sites for hydroxylation is 1. The van der Waals surface area contributed by atoms with Gasteiger partial charge in [-0.15, -0.1) is 0 Å². The van der Waals surface area contributed by atoms with Crippen LogP contribution in [0.4, 0.5) is 11.6 Å². The van der Waals surface area contributed by atoms with Gasteiger partial charge in [0.1, 0.15) is 17.5 Å². The second-order valence-electron chi connectivity index (χ2n) is 5.29. The van der Waals surface area contributed by atoms with Crippen molar-refractivity contribution in [1.29, 1.82) is 0 Å². The van der Waals surface area contributed by atoms with Gasteiger partial charge in [-0.1, -0.05) is 19.8 Å². The fourth-order valence-corrected chi connectivity index (χ4v) is 2.87. The molecular weight excluding hydrogens is 236 g/mol. The topological polar surface area (TPSA) is 41.0 Å². The molecule has 1 aromatic rings. The number of nitrogens with zero attached hydrogens (tertiary/aromatic N) is 3. The molecule has 0 amide bonds. The van der Waals surface area contributed by atoms with Gasteiger partial charge in [-0.3, -0.25) is 0 Å². The lowest BCUT2D eigenvalue weighted by Crippen LogP contribution is -2.35. The number of nitrogens with one attached hydrogen (secondary N) is 1. The zero-order valence-electron chi connectivity index (χ0n) is 12.4. The van der Waals surface area contributed by atoms with Gasteiger partial charge >= 0.3 is 0 Å². The molecule has 2 heterocycles. The molecule has 19 heavy (non-hydrogen) atoms. The quantitative estimate of drug-likeness (QED) is 0.903. The normalized spacial score (nSPS) is 20.2. The summed E-state index contributed by atoms with van der Waals surface area (Å²) in [6.07, 6.45) is 6.45. The van der Waals surface area contributed by atoms with Crippen molar-refractivity contribution in [3.8, 4) is 0 Å². The Hall–Kier alpha value is -1.32. The average Bonchev–Trinajstić information content (AvgIpc) is 2.63. The van der Waals surface area contributed by atoms with Gasteiger partial charge in [-0.05, 0) is 33.1 Å². The first-order valence-electron chi connectivity index (χ1n) is 7.60. The molecule has 4 nitrogen and oxygen atoms in total. The van der Waals surface area contributed by atoms with E-state index in [0.717, 1.165) is 30.5 Å². The van der Waals surface area contributed by atoms with Crippen molar-refractivity contribution in [3.05, 3.63) is 11.9 Å². The van der Waals surface area contributed by atoms with Crippen molar-refractivity contribution in [2.45, 2.75) is 58.9 Å². The summed E-state index contributed by atoms with van der Waals surface area (Å²) in [5, 5.41) is 3.30. The Kier molecular flexibility index (Phi) is 5.00. The molecule has 4 heteroatoms. The Bertz CT molecular complexity index is 405. The summed E-state index contributed by atoms with van der Waals surface area (Å²) in [5.74, 6) is 2.90. The number of hydrogen-bond donors (Lipinski definition) is 1. The molecule has 1 saturated heterocycles. The Balaban J connectivity index is 2.26. The minimum absolute atomic E-state index is 0.631. The first-order chi connectivity index (χ1) is 9.24. The van der Waals surface area contributed by atoms with Crippen LogP contribution >= 0.6 is 0 Å². The first-order valence-corrected chi connectivity index (χ1v) is 7.60. The van der Waals surface area contributed by atoms with E-state index in [4.69, 9.17) is 0 Å². The molecule has 0 aromatic carbocycles. The van der Waals surface area contributed by atoms with Crippen LogP contribution in [0, 0.1) is 6.92 Å². The van der Waals surface area contributed by atoms with Crippen LogP contribution < -0.4 is 10.2 Å². The van der Waals surface area contributed by atoms with Gasteiger partial charge in [-0.2, -0.15) is 0 Å². The fourth-order valence-electron chi connectivity index (χ4n) is 2.87. The van der Waals surface area contributed by atoms with Crippen molar-refractivity contribution in [1.82, 2.24) is 9.97 Å². The zero-order chi connectivity index (χ0) is 13.7. The molecule has 0 spiro atoms. The van der Waals surface area contributed by atoms with E-state index in [-0.39, 0.29) is 0 Å². The number of hydrogen-bond acceptors (Lipinski definition) is 4. The van der Waals surface area contributed by atoms with Gasteiger partial charge in [0.2, 0.25) is 0 Å².